The van der Waals surface area contributed by atoms with E-state index in [0.29, 0.717) is 5.69 Å². The minimum absolute atomic E-state index is 0.281. The van der Waals surface area contributed by atoms with Crippen molar-refractivity contribution in [2.75, 3.05) is 23.7 Å². The van der Waals surface area contributed by atoms with Crippen molar-refractivity contribution in [1.82, 2.24) is 0 Å². The molecule has 1 rings (SSSR count). The van der Waals surface area contributed by atoms with Gasteiger partial charge >= 0.3 is 5.97 Å². The number of carbonyl (C=O) groups is 1. The van der Waals surface area contributed by atoms with Crippen molar-refractivity contribution in [3.05, 3.63) is 23.8 Å². The van der Waals surface area contributed by atoms with E-state index in [1.165, 1.54) is 6.07 Å². The number of aromatic carboxylic acids is 1. The minimum Gasteiger partial charge on any atom is -0.478 e. The first-order valence-electron chi connectivity index (χ1n) is 5.97. The van der Waals surface area contributed by atoms with Crippen molar-refractivity contribution in [1.29, 1.82) is 0 Å². The fraction of sp³-hybridized carbons (Fsp3) is 0.462. The molecule has 0 aromatic heterocycles. The van der Waals surface area contributed by atoms with Gasteiger partial charge in [-0.1, -0.05) is 13.3 Å². The molecule has 17 heavy (non-hydrogen) atoms. The molecule has 0 atom stereocenters. The molecular formula is C13H20N2O2. The summed E-state index contributed by atoms with van der Waals surface area (Å²) in [6.07, 6.45) is 2.14. The van der Waals surface area contributed by atoms with E-state index in [4.69, 9.17) is 5.73 Å². The molecular weight excluding hydrogens is 216 g/mol. The Hall–Kier alpha value is -1.71. The third-order valence-corrected chi connectivity index (χ3v) is 2.76. The van der Waals surface area contributed by atoms with Crippen LogP contribution >= 0.6 is 0 Å². The number of carboxylic acids is 1. The summed E-state index contributed by atoms with van der Waals surface area (Å²) in [5.74, 6) is -0.928. The first kappa shape index (κ1) is 13.4. The fourth-order valence-corrected chi connectivity index (χ4v) is 1.80. The summed E-state index contributed by atoms with van der Waals surface area (Å²) in [5.41, 5.74) is 7.14. The molecule has 4 heteroatoms. The van der Waals surface area contributed by atoms with Crippen LogP contribution in [-0.2, 0) is 0 Å². The van der Waals surface area contributed by atoms with Crippen LogP contribution in [0.3, 0.4) is 0 Å². The standard InChI is InChI=1S/C13H20N2O2/c1-3-5-8-15(4-2)12-7-6-10(14)9-11(12)13(16)17/h6-7,9H,3-5,8,14H2,1-2H3,(H,16,17). The van der Waals surface area contributed by atoms with Crippen LogP contribution in [0.15, 0.2) is 18.2 Å². The van der Waals surface area contributed by atoms with Crippen LogP contribution in [0, 0.1) is 0 Å². The van der Waals surface area contributed by atoms with Gasteiger partial charge < -0.3 is 15.7 Å². The van der Waals surface area contributed by atoms with E-state index in [1.54, 1.807) is 12.1 Å². The second-order valence-electron chi connectivity index (χ2n) is 4.01. The monoisotopic (exact) mass is 236 g/mol. The van der Waals surface area contributed by atoms with Gasteiger partial charge in [0.1, 0.15) is 0 Å². The number of benzene rings is 1. The largest absolute Gasteiger partial charge is 0.478 e. The summed E-state index contributed by atoms with van der Waals surface area (Å²) in [5, 5.41) is 9.18. The maximum atomic E-state index is 11.2. The molecule has 0 saturated heterocycles. The maximum absolute atomic E-state index is 11.2. The first-order chi connectivity index (χ1) is 8.10. The topological polar surface area (TPSA) is 66.6 Å². The third-order valence-electron chi connectivity index (χ3n) is 2.76. The summed E-state index contributed by atoms with van der Waals surface area (Å²) in [6.45, 7) is 5.81. The predicted octanol–water partition coefficient (Wildman–Crippen LogP) is 2.59. The molecule has 0 saturated carbocycles. The summed E-state index contributed by atoms with van der Waals surface area (Å²) in [7, 11) is 0. The van der Waals surface area contributed by atoms with Gasteiger partial charge in [0.15, 0.2) is 0 Å². The number of carboxylic acid groups (broad SMARTS) is 1. The van der Waals surface area contributed by atoms with Crippen molar-refractivity contribution in [2.24, 2.45) is 0 Å². The van der Waals surface area contributed by atoms with Gasteiger partial charge in [0.05, 0.1) is 11.3 Å². The third kappa shape index (κ3) is 3.37. The first-order valence-corrected chi connectivity index (χ1v) is 5.97. The molecule has 1 aromatic carbocycles. The lowest BCUT2D eigenvalue weighted by molar-refractivity contribution is 0.0697. The Morgan fingerprint density at radius 2 is 2.12 bits per heavy atom. The fourth-order valence-electron chi connectivity index (χ4n) is 1.80. The Labute approximate surface area is 102 Å². The normalized spacial score (nSPS) is 10.2. The van der Waals surface area contributed by atoms with E-state index in [9.17, 15) is 9.90 Å². The number of hydrogen-bond acceptors (Lipinski definition) is 3. The zero-order valence-corrected chi connectivity index (χ0v) is 10.4. The molecule has 0 radical (unpaired) electrons. The highest BCUT2D eigenvalue weighted by Gasteiger charge is 2.14. The van der Waals surface area contributed by atoms with E-state index in [0.717, 1.165) is 31.6 Å². The lowest BCUT2D eigenvalue weighted by Crippen LogP contribution is -2.25. The number of nitrogens with zero attached hydrogens (tertiary/aromatic N) is 1. The van der Waals surface area contributed by atoms with Crippen LogP contribution in [0.1, 0.15) is 37.0 Å². The molecule has 0 aliphatic carbocycles. The van der Waals surface area contributed by atoms with Gasteiger partial charge in [0.2, 0.25) is 0 Å². The van der Waals surface area contributed by atoms with Crippen molar-refractivity contribution < 1.29 is 9.90 Å². The highest BCUT2D eigenvalue weighted by atomic mass is 16.4. The molecule has 0 amide bonds. The summed E-state index contributed by atoms with van der Waals surface area (Å²) < 4.78 is 0. The Morgan fingerprint density at radius 3 is 2.65 bits per heavy atom. The number of rotatable bonds is 6. The van der Waals surface area contributed by atoms with E-state index in [1.807, 2.05) is 6.92 Å². The van der Waals surface area contributed by atoms with E-state index in [2.05, 4.69) is 11.8 Å². The SMILES string of the molecule is CCCCN(CC)c1ccc(N)cc1C(=O)O. The maximum Gasteiger partial charge on any atom is 0.337 e. The molecule has 0 fully saturated rings. The summed E-state index contributed by atoms with van der Waals surface area (Å²) in [4.78, 5) is 13.3. The second kappa shape index (κ2) is 6.13. The average molecular weight is 236 g/mol. The summed E-state index contributed by atoms with van der Waals surface area (Å²) in [6, 6.07) is 5.06. The molecule has 4 nitrogen and oxygen atoms in total. The van der Waals surface area contributed by atoms with Crippen LogP contribution in [0.25, 0.3) is 0 Å². The Balaban J connectivity index is 3.05. The molecule has 0 aliphatic rings. The van der Waals surface area contributed by atoms with Crippen molar-refractivity contribution >= 4 is 17.3 Å². The number of unbranched alkanes of at least 4 members (excludes halogenated alkanes) is 1. The number of anilines is 2. The molecule has 1 aromatic rings. The molecule has 0 aliphatic heterocycles. The van der Waals surface area contributed by atoms with Gasteiger partial charge in [0, 0.05) is 18.8 Å². The molecule has 0 unspecified atom stereocenters. The van der Waals surface area contributed by atoms with Crippen LogP contribution in [-0.4, -0.2) is 24.2 Å². The van der Waals surface area contributed by atoms with E-state index >= 15 is 0 Å². The van der Waals surface area contributed by atoms with Gasteiger partial charge in [-0.3, -0.25) is 0 Å². The molecule has 0 bridgehead atoms. The van der Waals surface area contributed by atoms with Crippen molar-refractivity contribution in [2.45, 2.75) is 26.7 Å². The van der Waals surface area contributed by atoms with Crippen LogP contribution in [0.2, 0.25) is 0 Å². The quantitative estimate of drug-likeness (QED) is 0.745. The molecule has 0 heterocycles. The highest BCUT2D eigenvalue weighted by Crippen LogP contribution is 2.23. The van der Waals surface area contributed by atoms with Gasteiger partial charge in [-0.15, -0.1) is 0 Å². The van der Waals surface area contributed by atoms with Gasteiger partial charge in [0.25, 0.3) is 0 Å². The molecule has 0 spiro atoms. The Bertz CT molecular complexity index is 391. The number of nitrogen functional groups attached to an aromatic ring is 1. The lowest BCUT2D eigenvalue weighted by atomic mass is 10.1. The predicted molar refractivity (Wildman–Crippen MR) is 70.6 cm³/mol. The molecule has 3 N–H and O–H groups in total. The van der Waals surface area contributed by atoms with Gasteiger partial charge in [-0.05, 0) is 31.5 Å². The Kier molecular flexibility index (Phi) is 4.82. The Morgan fingerprint density at radius 1 is 1.41 bits per heavy atom. The van der Waals surface area contributed by atoms with Crippen molar-refractivity contribution in [3.8, 4) is 0 Å². The van der Waals surface area contributed by atoms with Crippen LogP contribution in [0.4, 0.5) is 11.4 Å². The number of nitrogens with two attached hydrogens (primary N) is 1. The van der Waals surface area contributed by atoms with E-state index < -0.39 is 5.97 Å². The average Bonchev–Trinajstić information content (AvgIpc) is 2.31. The number of hydrogen-bond donors (Lipinski definition) is 2. The van der Waals surface area contributed by atoms with Crippen LogP contribution < -0.4 is 10.6 Å². The van der Waals surface area contributed by atoms with Crippen LogP contribution in [0.5, 0.6) is 0 Å². The van der Waals surface area contributed by atoms with Gasteiger partial charge in [-0.25, -0.2) is 4.79 Å². The highest BCUT2D eigenvalue weighted by molar-refractivity contribution is 5.95. The van der Waals surface area contributed by atoms with Gasteiger partial charge in [-0.2, -0.15) is 0 Å². The molecule has 94 valence electrons. The zero-order valence-electron chi connectivity index (χ0n) is 10.4. The van der Waals surface area contributed by atoms with E-state index in [-0.39, 0.29) is 5.56 Å². The summed E-state index contributed by atoms with van der Waals surface area (Å²) >= 11 is 0. The van der Waals surface area contributed by atoms with Crippen molar-refractivity contribution in [3.63, 3.8) is 0 Å². The lowest BCUT2D eigenvalue weighted by Gasteiger charge is -2.24. The smallest absolute Gasteiger partial charge is 0.337 e. The minimum atomic E-state index is -0.928. The second-order valence-corrected chi connectivity index (χ2v) is 4.01. The zero-order chi connectivity index (χ0) is 12.8.